The molecule has 0 spiro atoms. The number of thiophene rings is 1. The lowest BCUT2D eigenvalue weighted by Gasteiger charge is -2.11. The average Bonchev–Trinajstić information content (AvgIpc) is 3.28. The maximum absolute atomic E-state index is 12.9. The third kappa shape index (κ3) is 3.96. The third-order valence-electron chi connectivity index (χ3n) is 4.80. The molecule has 0 aliphatic carbocycles. The number of hydrogen-bond acceptors (Lipinski definition) is 2. The predicted molar refractivity (Wildman–Crippen MR) is 112 cm³/mol. The fraction of sp³-hybridized carbons (Fsp3) is 0.174. The maximum Gasteiger partial charge on any atom is 0.268 e. The molecule has 3 nitrogen and oxygen atoms in total. The van der Waals surface area contributed by atoms with Gasteiger partial charge in [0.05, 0.1) is 10.2 Å². The molecule has 0 saturated carbocycles. The highest BCUT2D eigenvalue weighted by Gasteiger charge is 2.16. The third-order valence-corrected chi connectivity index (χ3v) is 5.65. The molecule has 0 saturated heterocycles. The standard InChI is InChI=1S/C23H22N2OS/c1-17-7-9-19(10-8-17)16-24-23(26)21-15-22-20(12-14-27-22)25(21)13-11-18-5-3-2-4-6-18/h2-10,12,14-15H,11,13,16H2,1H3,(H,24,26). The van der Waals surface area contributed by atoms with Gasteiger partial charge in [-0.3, -0.25) is 4.79 Å². The summed E-state index contributed by atoms with van der Waals surface area (Å²) in [6.45, 7) is 3.39. The minimum Gasteiger partial charge on any atom is -0.347 e. The molecule has 0 fully saturated rings. The maximum atomic E-state index is 12.9. The smallest absolute Gasteiger partial charge is 0.268 e. The van der Waals surface area contributed by atoms with E-state index in [0.717, 1.165) is 34.4 Å². The molecule has 0 radical (unpaired) electrons. The Morgan fingerprint density at radius 2 is 1.78 bits per heavy atom. The molecule has 136 valence electrons. The number of nitrogens with one attached hydrogen (secondary N) is 1. The van der Waals surface area contributed by atoms with Crippen LogP contribution in [0.25, 0.3) is 10.2 Å². The van der Waals surface area contributed by atoms with E-state index >= 15 is 0 Å². The van der Waals surface area contributed by atoms with Gasteiger partial charge in [0.25, 0.3) is 5.91 Å². The van der Waals surface area contributed by atoms with Crippen LogP contribution in [0, 0.1) is 6.92 Å². The number of rotatable bonds is 6. The Morgan fingerprint density at radius 3 is 2.56 bits per heavy atom. The van der Waals surface area contributed by atoms with Gasteiger partial charge in [0.1, 0.15) is 5.69 Å². The summed E-state index contributed by atoms with van der Waals surface area (Å²) in [7, 11) is 0. The fourth-order valence-electron chi connectivity index (χ4n) is 3.27. The van der Waals surface area contributed by atoms with E-state index in [2.05, 4.69) is 76.8 Å². The van der Waals surface area contributed by atoms with Crippen molar-refractivity contribution in [1.29, 1.82) is 0 Å². The Bertz CT molecular complexity index is 1050. The largest absolute Gasteiger partial charge is 0.347 e. The van der Waals surface area contributed by atoms with Crippen LogP contribution >= 0.6 is 11.3 Å². The van der Waals surface area contributed by atoms with E-state index in [4.69, 9.17) is 0 Å². The zero-order valence-electron chi connectivity index (χ0n) is 15.3. The molecule has 4 aromatic rings. The summed E-state index contributed by atoms with van der Waals surface area (Å²) >= 11 is 1.68. The highest BCUT2D eigenvalue weighted by Crippen LogP contribution is 2.26. The van der Waals surface area contributed by atoms with Gasteiger partial charge in [-0.25, -0.2) is 0 Å². The van der Waals surface area contributed by atoms with Crippen LogP contribution < -0.4 is 5.32 Å². The lowest BCUT2D eigenvalue weighted by molar-refractivity contribution is 0.0942. The number of aryl methyl sites for hydroxylation is 3. The van der Waals surface area contributed by atoms with Crippen LogP contribution in [-0.4, -0.2) is 10.5 Å². The van der Waals surface area contributed by atoms with Crippen molar-refractivity contribution < 1.29 is 4.79 Å². The number of carbonyl (C=O) groups excluding carboxylic acids is 1. The van der Waals surface area contributed by atoms with E-state index in [1.807, 2.05) is 12.1 Å². The van der Waals surface area contributed by atoms with Crippen LogP contribution in [-0.2, 0) is 19.5 Å². The van der Waals surface area contributed by atoms with Crippen molar-refractivity contribution >= 4 is 27.5 Å². The van der Waals surface area contributed by atoms with E-state index in [0.29, 0.717) is 6.54 Å². The molecule has 0 unspecified atom stereocenters. The Morgan fingerprint density at radius 1 is 1.00 bits per heavy atom. The van der Waals surface area contributed by atoms with Gasteiger partial charge >= 0.3 is 0 Å². The summed E-state index contributed by atoms with van der Waals surface area (Å²) in [5.74, 6) is -0.0213. The molecule has 1 N–H and O–H groups in total. The minimum atomic E-state index is -0.0213. The summed E-state index contributed by atoms with van der Waals surface area (Å²) < 4.78 is 3.30. The van der Waals surface area contributed by atoms with Crippen molar-refractivity contribution in [2.45, 2.75) is 26.4 Å². The minimum absolute atomic E-state index is 0.0213. The second-order valence-corrected chi connectivity index (χ2v) is 7.70. The first-order valence-corrected chi connectivity index (χ1v) is 10.0. The molecule has 0 aliphatic heterocycles. The molecule has 1 amide bonds. The van der Waals surface area contributed by atoms with E-state index in [1.165, 1.54) is 11.1 Å². The molecule has 4 rings (SSSR count). The molecular formula is C23H22N2OS. The van der Waals surface area contributed by atoms with Gasteiger partial charge < -0.3 is 9.88 Å². The number of fused-ring (bicyclic) bond motifs is 1. The summed E-state index contributed by atoms with van der Waals surface area (Å²) in [6, 6.07) is 22.8. The van der Waals surface area contributed by atoms with Crippen LogP contribution in [0.5, 0.6) is 0 Å². The van der Waals surface area contributed by atoms with Gasteiger partial charge in [0.15, 0.2) is 0 Å². The number of nitrogens with zero attached hydrogens (tertiary/aromatic N) is 1. The highest BCUT2D eigenvalue weighted by molar-refractivity contribution is 7.17. The van der Waals surface area contributed by atoms with Gasteiger partial charge in [-0.05, 0) is 42.0 Å². The summed E-state index contributed by atoms with van der Waals surface area (Å²) in [4.78, 5) is 12.9. The number of hydrogen-bond donors (Lipinski definition) is 1. The monoisotopic (exact) mass is 374 g/mol. The average molecular weight is 375 g/mol. The quantitative estimate of drug-likeness (QED) is 0.495. The van der Waals surface area contributed by atoms with Gasteiger partial charge in [-0.2, -0.15) is 0 Å². The zero-order valence-corrected chi connectivity index (χ0v) is 16.1. The number of benzene rings is 2. The Kier molecular flexibility index (Phi) is 5.07. The second-order valence-electron chi connectivity index (χ2n) is 6.76. The van der Waals surface area contributed by atoms with Crippen LogP contribution in [0.3, 0.4) is 0 Å². The SMILES string of the molecule is Cc1ccc(CNC(=O)c2cc3sccc3n2CCc2ccccc2)cc1. The van der Waals surface area contributed by atoms with Crippen molar-refractivity contribution in [3.05, 3.63) is 94.5 Å². The van der Waals surface area contributed by atoms with Crippen LogP contribution in [0.2, 0.25) is 0 Å². The Labute approximate surface area is 163 Å². The summed E-state index contributed by atoms with van der Waals surface area (Å²) in [6.07, 6.45) is 0.901. The first-order valence-electron chi connectivity index (χ1n) is 9.15. The molecule has 0 bridgehead atoms. The van der Waals surface area contributed by atoms with Gasteiger partial charge in [0.2, 0.25) is 0 Å². The predicted octanol–water partition coefficient (Wildman–Crippen LogP) is 5.18. The second kappa shape index (κ2) is 7.80. The van der Waals surface area contributed by atoms with Crippen LogP contribution in [0.1, 0.15) is 27.2 Å². The normalized spacial score (nSPS) is 11.0. The molecule has 2 heterocycles. The molecule has 0 aliphatic rings. The number of amides is 1. The Hall–Kier alpha value is -2.85. The van der Waals surface area contributed by atoms with Gasteiger partial charge in [-0.1, -0.05) is 60.2 Å². The van der Waals surface area contributed by atoms with Crippen molar-refractivity contribution in [2.24, 2.45) is 0 Å². The van der Waals surface area contributed by atoms with Crippen molar-refractivity contribution in [3.63, 3.8) is 0 Å². The molecule has 2 aromatic carbocycles. The first kappa shape index (κ1) is 17.6. The lowest BCUT2D eigenvalue weighted by atomic mass is 10.1. The van der Waals surface area contributed by atoms with E-state index in [-0.39, 0.29) is 5.91 Å². The number of aromatic nitrogens is 1. The lowest BCUT2D eigenvalue weighted by Crippen LogP contribution is -2.25. The van der Waals surface area contributed by atoms with Crippen molar-refractivity contribution in [3.8, 4) is 0 Å². The molecule has 2 aromatic heterocycles. The molecule has 27 heavy (non-hydrogen) atoms. The molecular weight excluding hydrogens is 352 g/mol. The van der Waals surface area contributed by atoms with Crippen LogP contribution in [0.15, 0.2) is 72.1 Å². The fourth-order valence-corrected chi connectivity index (χ4v) is 4.09. The molecule has 0 atom stereocenters. The highest BCUT2D eigenvalue weighted by atomic mass is 32.1. The van der Waals surface area contributed by atoms with Crippen molar-refractivity contribution in [2.75, 3.05) is 0 Å². The Balaban J connectivity index is 1.52. The zero-order chi connectivity index (χ0) is 18.6. The first-order chi connectivity index (χ1) is 13.2. The topological polar surface area (TPSA) is 34.0 Å². The van der Waals surface area contributed by atoms with Crippen molar-refractivity contribution in [1.82, 2.24) is 9.88 Å². The van der Waals surface area contributed by atoms with Gasteiger partial charge in [0, 0.05) is 13.1 Å². The summed E-state index contributed by atoms with van der Waals surface area (Å²) in [5.41, 5.74) is 5.48. The molecule has 4 heteroatoms. The van der Waals surface area contributed by atoms with E-state index < -0.39 is 0 Å². The van der Waals surface area contributed by atoms with Crippen LogP contribution in [0.4, 0.5) is 0 Å². The van der Waals surface area contributed by atoms with Gasteiger partial charge in [-0.15, -0.1) is 11.3 Å². The number of carbonyl (C=O) groups is 1. The van der Waals surface area contributed by atoms with E-state index in [9.17, 15) is 4.79 Å². The van der Waals surface area contributed by atoms with E-state index in [1.54, 1.807) is 11.3 Å². The summed E-state index contributed by atoms with van der Waals surface area (Å²) in [5, 5.41) is 5.15.